The summed E-state index contributed by atoms with van der Waals surface area (Å²) in [6.07, 6.45) is 0. The molecule has 0 aliphatic heterocycles. The van der Waals surface area contributed by atoms with E-state index >= 15 is 0 Å². The molecule has 0 aliphatic carbocycles. The quantitative estimate of drug-likeness (QED) is 0.308. The molecule has 0 saturated carbocycles. The predicted octanol–water partition coefficient (Wildman–Crippen LogP) is 4.54. The van der Waals surface area contributed by atoms with E-state index in [0.717, 1.165) is 0 Å². The zero-order chi connectivity index (χ0) is 23.3. The number of rotatable bonds is 7. The minimum absolute atomic E-state index is 0.0166. The summed E-state index contributed by atoms with van der Waals surface area (Å²) in [5.74, 6) is -1.55. The zero-order valence-corrected chi connectivity index (χ0v) is 18.6. The number of benzene rings is 2. The van der Waals surface area contributed by atoms with Crippen LogP contribution < -0.4 is 5.32 Å². The summed E-state index contributed by atoms with van der Waals surface area (Å²) >= 11 is 7.09. The zero-order valence-electron chi connectivity index (χ0n) is 17.0. The van der Waals surface area contributed by atoms with Crippen LogP contribution in [0.2, 0.25) is 5.02 Å². The van der Waals surface area contributed by atoms with Gasteiger partial charge in [0.1, 0.15) is 16.6 Å². The van der Waals surface area contributed by atoms with E-state index < -0.39 is 16.7 Å². The maximum atomic E-state index is 12.9. The normalized spacial score (nSPS) is 12.0. The van der Waals surface area contributed by atoms with Crippen LogP contribution in [0.15, 0.2) is 59.0 Å². The minimum atomic E-state index is -1.01. The number of aromatic nitrogens is 1. The third-order valence-electron chi connectivity index (χ3n) is 4.19. The van der Waals surface area contributed by atoms with Gasteiger partial charge >= 0.3 is 0 Å². The Labute approximate surface area is 192 Å². The lowest BCUT2D eigenvalue weighted by Crippen LogP contribution is -2.30. The average Bonchev–Trinajstić information content (AvgIpc) is 3.25. The van der Waals surface area contributed by atoms with Gasteiger partial charge in [-0.05, 0) is 36.4 Å². The average molecular weight is 469 g/mol. The highest BCUT2D eigenvalue weighted by molar-refractivity contribution is 7.10. The van der Waals surface area contributed by atoms with Crippen LogP contribution >= 0.6 is 22.9 Å². The number of nitro benzene ring substituents is 1. The highest BCUT2D eigenvalue weighted by atomic mass is 35.5. The SMILES string of the molecule is CN(C)/N=C(/C(=O)Nc1ccc(Cl)cc1)[C@@H](C#N)c1nc(-c2ccc([N+](=O)[O-])cc2)cs1. The first-order valence-electron chi connectivity index (χ1n) is 9.21. The van der Waals surface area contributed by atoms with Gasteiger partial charge < -0.3 is 10.3 Å². The molecule has 3 rings (SSSR count). The van der Waals surface area contributed by atoms with Crippen molar-refractivity contribution in [3.05, 3.63) is 74.1 Å². The maximum Gasteiger partial charge on any atom is 0.273 e. The number of amides is 1. The molecule has 0 unspecified atom stereocenters. The summed E-state index contributed by atoms with van der Waals surface area (Å²) in [4.78, 5) is 27.8. The largest absolute Gasteiger partial charge is 0.321 e. The standard InChI is InChI=1S/C21H17ClN6O3S/c1-27(2)26-19(20(29)24-15-7-5-14(22)6-8-15)17(11-23)21-25-18(12-32-21)13-3-9-16(10-4-13)28(30)31/h3-10,12,17H,1-2H3,(H,24,29)/b26-19+/t17-/m1/s1. The summed E-state index contributed by atoms with van der Waals surface area (Å²) in [6.45, 7) is 0. The van der Waals surface area contributed by atoms with Gasteiger partial charge in [-0.2, -0.15) is 10.4 Å². The number of carbonyl (C=O) groups excluding carboxylic acids is 1. The van der Waals surface area contributed by atoms with Crippen molar-refractivity contribution in [3.63, 3.8) is 0 Å². The topological polar surface area (TPSA) is 125 Å². The summed E-state index contributed by atoms with van der Waals surface area (Å²) in [6, 6.07) is 14.6. The van der Waals surface area contributed by atoms with E-state index in [1.165, 1.54) is 28.5 Å². The highest BCUT2D eigenvalue weighted by Crippen LogP contribution is 2.29. The summed E-state index contributed by atoms with van der Waals surface area (Å²) in [5, 5.41) is 31.7. The molecule has 1 amide bonds. The minimum Gasteiger partial charge on any atom is -0.321 e. The molecule has 0 aliphatic rings. The molecular weight excluding hydrogens is 452 g/mol. The molecule has 1 atom stereocenters. The van der Waals surface area contributed by atoms with Crippen LogP contribution in [-0.2, 0) is 4.79 Å². The van der Waals surface area contributed by atoms with E-state index in [-0.39, 0.29) is 11.4 Å². The second kappa shape index (κ2) is 10.00. The Hall–Kier alpha value is -3.81. The van der Waals surface area contributed by atoms with E-state index in [1.54, 1.807) is 55.9 Å². The van der Waals surface area contributed by atoms with Gasteiger partial charge in [0.25, 0.3) is 11.6 Å². The van der Waals surface area contributed by atoms with Gasteiger partial charge in [0.15, 0.2) is 0 Å². The number of hydrogen-bond donors (Lipinski definition) is 1. The van der Waals surface area contributed by atoms with E-state index in [2.05, 4.69) is 21.5 Å². The third-order valence-corrected chi connectivity index (χ3v) is 5.35. The van der Waals surface area contributed by atoms with Gasteiger partial charge in [-0.3, -0.25) is 14.9 Å². The lowest BCUT2D eigenvalue weighted by atomic mass is 10.0. The van der Waals surface area contributed by atoms with Crippen molar-refractivity contribution in [2.75, 3.05) is 19.4 Å². The van der Waals surface area contributed by atoms with Crippen LogP contribution in [0.3, 0.4) is 0 Å². The monoisotopic (exact) mass is 468 g/mol. The van der Waals surface area contributed by atoms with E-state index in [0.29, 0.717) is 27.0 Å². The number of halogens is 1. The van der Waals surface area contributed by atoms with E-state index in [1.807, 2.05) is 0 Å². The van der Waals surface area contributed by atoms with Crippen molar-refractivity contribution >= 4 is 45.9 Å². The molecule has 11 heteroatoms. The number of hydrazone groups is 1. The van der Waals surface area contributed by atoms with Crippen LogP contribution in [0, 0.1) is 21.4 Å². The fraction of sp³-hybridized carbons (Fsp3) is 0.143. The van der Waals surface area contributed by atoms with Crippen LogP contribution in [0.1, 0.15) is 10.9 Å². The number of nitro groups is 1. The van der Waals surface area contributed by atoms with Gasteiger partial charge in [0.2, 0.25) is 0 Å². The fourth-order valence-corrected chi connectivity index (χ4v) is 3.72. The Balaban J connectivity index is 1.89. The first-order chi connectivity index (χ1) is 15.3. The number of non-ortho nitro benzene ring substituents is 1. The number of carbonyl (C=O) groups is 1. The van der Waals surface area contributed by atoms with Crippen LogP contribution in [0.5, 0.6) is 0 Å². The van der Waals surface area contributed by atoms with Crippen LogP contribution in [0.25, 0.3) is 11.3 Å². The van der Waals surface area contributed by atoms with Crippen molar-refractivity contribution < 1.29 is 9.72 Å². The Morgan fingerprint density at radius 3 is 2.47 bits per heavy atom. The van der Waals surface area contributed by atoms with Gasteiger partial charge in [-0.15, -0.1) is 11.3 Å². The predicted molar refractivity (Wildman–Crippen MR) is 124 cm³/mol. The molecule has 0 fully saturated rings. The van der Waals surface area contributed by atoms with E-state index in [9.17, 15) is 20.2 Å². The van der Waals surface area contributed by atoms with Crippen molar-refractivity contribution in [1.29, 1.82) is 5.26 Å². The molecule has 162 valence electrons. The number of nitrogens with one attached hydrogen (secondary N) is 1. The van der Waals surface area contributed by atoms with Gasteiger partial charge in [-0.1, -0.05) is 11.6 Å². The molecule has 1 aromatic heterocycles. The molecular formula is C21H17ClN6O3S. The lowest BCUT2D eigenvalue weighted by Gasteiger charge is -2.14. The highest BCUT2D eigenvalue weighted by Gasteiger charge is 2.28. The second-order valence-corrected chi connectivity index (χ2v) is 8.06. The first-order valence-corrected chi connectivity index (χ1v) is 10.5. The molecule has 3 aromatic rings. The van der Waals surface area contributed by atoms with Crippen LogP contribution in [0.4, 0.5) is 11.4 Å². The fourth-order valence-electron chi connectivity index (χ4n) is 2.72. The number of anilines is 1. The third kappa shape index (κ3) is 5.46. The number of thiazole rings is 1. The van der Waals surface area contributed by atoms with Crippen molar-refractivity contribution in [2.45, 2.75) is 5.92 Å². The summed E-state index contributed by atoms with van der Waals surface area (Å²) in [7, 11) is 3.29. The maximum absolute atomic E-state index is 12.9. The lowest BCUT2D eigenvalue weighted by molar-refractivity contribution is -0.384. The first kappa shape index (κ1) is 22.9. The van der Waals surface area contributed by atoms with E-state index in [4.69, 9.17) is 11.6 Å². The summed E-state index contributed by atoms with van der Waals surface area (Å²) < 4.78 is 0. The Bertz CT molecular complexity index is 1200. The molecule has 32 heavy (non-hydrogen) atoms. The molecule has 0 bridgehead atoms. The molecule has 0 saturated heterocycles. The molecule has 2 aromatic carbocycles. The molecule has 1 N–H and O–H groups in total. The Kier molecular flexibility index (Phi) is 7.14. The number of hydrogen-bond acceptors (Lipinski definition) is 8. The van der Waals surface area contributed by atoms with Crippen LogP contribution in [-0.4, -0.2) is 40.6 Å². The van der Waals surface area contributed by atoms with Crippen molar-refractivity contribution in [3.8, 4) is 17.3 Å². The molecule has 1 heterocycles. The molecule has 0 spiro atoms. The molecule has 9 nitrogen and oxygen atoms in total. The Morgan fingerprint density at radius 1 is 1.25 bits per heavy atom. The van der Waals surface area contributed by atoms with Crippen molar-refractivity contribution in [2.24, 2.45) is 5.10 Å². The van der Waals surface area contributed by atoms with Gasteiger partial charge in [0, 0.05) is 47.9 Å². The molecule has 0 radical (unpaired) electrons. The number of nitrogens with zero attached hydrogens (tertiary/aromatic N) is 5. The van der Waals surface area contributed by atoms with Gasteiger partial charge in [0.05, 0.1) is 16.7 Å². The Morgan fingerprint density at radius 2 is 1.91 bits per heavy atom. The van der Waals surface area contributed by atoms with Crippen molar-refractivity contribution in [1.82, 2.24) is 9.99 Å². The number of nitriles is 1. The second-order valence-electron chi connectivity index (χ2n) is 6.73. The smallest absolute Gasteiger partial charge is 0.273 e. The van der Waals surface area contributed by atoms with Gasteiger partial charge in [-0.25, -0.2) is 4.98 Å². The summed E-state index contributed by atoms with van der Waals surface area (Å²) in [5.41, 5.74) is 1.66.